The van der Waals surface area contributed by atoms with Crippen molar-refractivity contribution in [1.82, 2.24) is 4.90 Å². The predicted molar refractivity (Wildman–Crippen MR) is 55.2 cm³/mol. The molecule has 0 aliphatic carbocycles. The maximum atomic E-state index is 10.2. The smallest absolute Gasteiger partial charge is 0.235 e. The molecule has 1 aliphatic heterocycles. The molecule has 2 heterocycles. The molecule has 1 aromatic heterocycles. The predicted octanol–water partition coefficient (Wildman–Crippen LogP) is 1.75. The summed E-state index contributed by atoms with van der Waals surface area (Å²) in [5.41, 5.74) is 0. The van der Waals surface area contributed by atoms with E-state index in [-0.39, 0.29) is 6.04 Å². The third-order valence-corrected chi connectivity index (χ3v) is 2.78. The highest BCUT2D eigenvalue weighted by Crippen LogP contribution is 2.25. The van der Waals surface area contributed by atoms with E-state index >= 15 is 0 Å². The monoisotopic (exact) mass is 206 g/mol. The van der Waals surface area contributed by atoms with E-state index in [2.05, 4.69) is 9.89 Å². The molecular formula is C11H14N2O2. The topological polar surface area (TPSA) is 45.8 Å². The number of hydrogen-bond donors (Lipinski definition) is 0. The highest BCUT2D eigenvalue weighted by atomic mass is 16.3. The Morgan fingerprint density at radius 2 is 2.33 bits per heavy atom. The van der Waals surface area contributed by atoms with Gasteiger partial charge in [-0.1, -0.05) is 0 Å². The molecule has 4 nitrogen and oxygen atoms in total. The van der Waals surface area contributed by atoms with Crippen molar-refractivity contribution in [2.75, 3.05) is 19.6 Å². The quantitative estimate of drug-likeness (QED) is 0.557. The van der Waals surface area contributed by atoms with Crippen LogP contribution in [0.2, 0.25) is 0 Å². The van der Waals surface area contributed by atoms with Crippen LogP contribution >= 0.6 is 0 Å². The van der Waals surface area contributed by atoms with Crippen molar-refractivity contribution in [2.24, 2.45) is 4.99 Å². The van der Waals surface area contributed by atoms with Crippen LogP contribution in [0.25, 0.3) is 0 Å². The summed E-state index contributed by atoms with van der Waals surface area (Å²) < 4.78 is 5.37. The summed E-state index contributed by atoms with van der Waals surface area (Å²) in [6.07, 6.45) is 5.67. The lowest BCUT2D eigenvalue weighted by molar-refractivity contribution is 0.221. The molecule has 0 bridgehead atoms. The van der Waals surface area contributed by atoms with E-state index in [0.717, 1.165) is 18.8 Å². The number of hydrogen-bond acceptors (Lipinski definition) is 4. The average molecular weight is 206 g/mol. The van der Waals surface area contributed by atoms with Crippen molar-refractivity contribution < 1.29 is 9.21 Å². The summed E-state index contributed by atoms with van der Waals surface area (Å²) in [5, 5.41) is 0. The third-order valence-electron chi connectivity index (χ3n) is 2.78. The van der Waals surface area contributed by atoms with Crippen molar-refractivity contribution >= 4 is 6.08 Å². The molecule has 2 rings (SSSR count). The van der Waals surface area contributed by atoms with Crippen molar-refractivity contribution in [3.05, 3.63) is 24.2 Å². The molecule has 4 heteroatoms. The molecular weight excluding hydrogens is 192 g/mol. The molecule has 1 fully saturated rings. The minimum Gasteiger partial charge on any atom is -0.468 e. The third kappa shape index (κ3) is 2.35. The zero-order chi connectivity index (χ0) is 10.5. The maximum Gasteiger partial charge on any atom is 0.235 e. The molecule has 0 spiro atoms. The zero-order valence-corrected chi connectivity index (χ0v) is 8.56. The first-order valence-electron chi connectivity index (χ1n) is 5.23. The number of furan rings is 1. The number of isocyanates is 1. The van der Waals surface area contributed by atoms with Crippen LogP contribution in [0, 0.1) is 0 Å². The molecule has 1 aliphatic rings. The molecule has 0 saturated carbocycles. The Bertz CT molecular complexity index is 335. The van der Waals surface area contributed by atoms with Gasteiger partial charge in [-0.3, -0.25) is 4.90 Å². The van der Waals surface area contributed by atoms with Crippen LogP contribution in [-0.4, -0.2) is 30.6 Å². The van der Waals surface area contributed by atoms with Crippen LogP contribution in [0.3, 0.4) is 0 Å². The van der Waals surface area contributed by atoms with Gasteiger partial charge in [0.15, 0.2) is 0 Å². The van der Waals surface area contributed by atoms with E-state index in [0.29, 0.717) is 6.54 Å². The van der Waals surface area contributed by atoms with Crippen LogP contribution in [0.15, 0.2) is 27.8 Å². The summed E-state index contributed by atoms with van der Waals surface area (Å²) in [6, 6.07) is 3.90. The Labute approximate surface area is 88.6 Å². The molecule has 0 radical (unpaired) electrons. The number of likely N-dealkylation sites (tertiary alicyclic amines) is 1. The Morgan fingerprint density at radius 3 is 2.93 bits per heavy atom. The first kappa shape index (κ1) is 10.1. The van der Waals surface area contributed by atoms with Crippen LogP contribution in [0.5, 0.6) is 0 Å². The van der Waals surface area contributed by atoms with E-state index in [9.17, 15) is 4.79 Å². The fourth-order valence-electron chi connectivity index (χ4n) is 2.04. The summed E-state index contributed by atoms with van der Waals surface area (Å²) >= 11 is 0. The van der Waals surface area contributed by atoms with Gasteiger partial charge in [-0.15, -0.1) is 0 Å². The Morgan fingerprint density at radius 1 is 1.53 bits per heavy atom. The Hall–Kier alpha value is -1.38. The highest BCUT2D eigenvalue weighted by molar-refractivity contribution is 5.33. The van der Waals surface area contributed by atoms with E-state index in [1.807, 2.05) is 12.1 Å². The van der Waals surface area contributed by atoms with Gasteiger partial charge in [-0.05, 0) is 38.1 Å². The second-order valence-electron chi connectivity index (χ2n) is 3.71. The SMILES string of the molecule is O=C=NCC(c1ccco1)N1CCCC1. The van der Waals surface area contributed by atoms with Crippen molar-refractivity contribution in [2.45, 2.75) is 18.9 Å². The first-order valence-corrected chi connectivity index (χ1v) is 5.23. The average Bonchev–Trinajstić information content (AvgIpc) is 2.90. The fraction of sp³-hybridized carbons (Fsp3) is 0.545. The largest absolute Gasteiger partial charge is 0.468 e. The van der Waals surface area contributed by atoms with E-state index < -0.39 is 0 Å². The van der Waals surface area contributed by atoms with Gasteiger partial charge in [0.1, 0.15) is 5.76 Å². The number of carbonyl (C=O) groups excluding carboxylic acids is 1. The van der Waals surface area contributed by atoms with E-state index in [1.54, 1.807) is 12.3 Å². The van der Waals surface area contributed by atoms with Gasteiger partial charge in [-0.25, -0.2) is 9.79 Å². The first-order chi connectivity index (χ1) is 7.42. The van der Waals surface area contributed by atoms with Gasteiger partial charge in [0.2, 0.25) is 6.08 Å². The maximum absolute atomic E-state index is 10.2. The number of aliphatic imine (C=N–C) groups is 1. The van der Waals surface area contributed by atoms with Crippen LogP contribution in [0.4, 0.5) is 0 Å². The van der Waals surface area contributed by atoms with Crippen molar-refractivity contribution in [3.63, 3.8) is 0 Å². The molecule has 0 N–H and O–H groups in total. The van der Waals surface area contributed by atoms with Gasteiger partial charge in [0, 0.05) is 0 Å². The van der Waals surface area contributed by atoms with Crippen molar-refractivity contribution in [3.8, 4) is 0 Å². The molecule has 1 atom stereocenters. The Balaban J connectivity index is 2.11. The van der Waals surface area contributed by atoms with Gasteiger partial charge in [-0.2, -0.15) is 0 Å². The molecule has 1 unspecified atom stereocenters. The van der Waals surface area contributed by atoms with Gasteiger partial charge in [0.05, 0.1) is 18.8 Å². The lowest BCUT2D eigenvalue weighted by Crippen LogP contribution is -2.27. The summed E-state index contributed by atoms with van der Waals surface area (Å²) in [6.45, 7) is 2.55. The second kappa shape index (κ2) is 4.91. The lowest BCUT2D eigenvalue weighted by Gasteiger charge is -2.23. The van der Waals surface area contributed by atoms with E-state index in [1.165, 1.54) is 12.8 Å². The number of rotatable bonds is 4. The Kier molecular flexibility index (Phi) is 3.33. The van der Waals surface area contributed by atoms with Gasteiger partial charge < -0.3 is 4.42 Å². The van der Waals surface area contributed by atoms with Crippen molar-refractivity contribution in [1.29, 1.82) is 0 Å². The zero-order valence-electron chi connectivity index (χ0n) is 8.56. The van der Waals surface area contributed by atoms with Crippen LogP contribution in [-0.2, 0) is 4.79 Å². The standard InChI is InChI=1S/C11H14N2O2/c14-9-12-8-10(11-4-3-7-15-11)13-5-1-2-6-13/h3-4,7,10H,1-2,5-6,8H2. The van der Waals surface area contributed by atoms with Crippen LogP contribution < -0.4 is 0 Å². The van der Waals surface area contributed by atoms with Gasteiger partial charge >= 0.3 is 0 Å². The molecule has 1 saturated heterocycles. The van der Waals surface area contributed by atoms with Crippen LogP contribution in [0.1, 0.15) is 24.6 Å². The summed E-state index contributed by atoms with van der Waals surface area (Å²) in [7, 11) is 0. The molecule has 0 amide bonds. The fourth-order valence-corrected chi connectivity index (χ4v) is 2.04. The molecule has 80 valence electrons. The lowest BCUT2D eigenvalue weighted by atomic mass is 10.2. The molecule has 0 aromatic carbocycles. The highest BCUT2D eigenvalue weighted by Gasteiger charge is 2.24. The second-order valence-corrected chi connectivity index (χ2v) is 3.71. The minimum absolute atomic E-state index is 0.101. The molecule has 15 heavy (non-hydrogen) atoms. The van der Waals surface area contributed by atoms with E-state index in [4.69, 9.17) is 4.42 Å². The normalized spacial score (nSPS) is 18.7. The minimum atomic E-state index is 0.101. The number of nitrogens with zero attached hydrogens (tertiary/aromatic N) is 2. The van der Waals surface area contributed by atoms with Gasteiger partial charge in [0.25, 0.3) is 0 Å². The summed E-state index contributed by atoms with van der Waals surface area (Å²) in [5.74, 6) is 0.885. The molecule has 1 aromatic rings. The summed E-state index contributed by atoms with van der Waals surface area (Å²) in [4.78, 5) is 16.1.